The van der Waals surface area contributed by atoms with Crippen LogP contribution in [-0.4, -0.2) is 32.8 Å². The van der Waals surface area contributed by atoms with Gasteiger partial charge in [-0.2, -0.15) is 5.26 Å². The molecule has 0 bridgehead atoms. The van der Waals surface area contributed by atoms with Gasteiger partial charge in [-0.25, -0.2) is 4.98 Å². The highest BCUT2D eigenvalue weighted by atomic mass is 32.1. The topological polar surface area (TPSA) is 79.0 Å². The molecule has 0 spiro atoms. The average Bonchev–Trinajstić information content (AvgIpc) is 3.11. The summed E-state index contributed by atoms with van der Waals surface area (Å²) in [5.74, 6) is 0.468. The Hall–Kier alpha value is -2.72. The van der Waals surface area contributed by atoms with Crippen LogP contribution in [0.25, 0.3) is 16.4 Å². The predicted molar refractivity (Wildman–Crippen MR) is 101 cm³/mol. The van der Waals surface area contributed by atoms with Gasteiger partial charge in [-0.15, -0.1) is 11.3 Å². The SMILES string of the molecule is CCN1C(=O)C(C#N)=C(C)/C(=C/c2cc3c(nc(C(C)C)n3C)s2)C1=O. The Morgan fingerprint density at radius 2 is 2.04 bits per heavy atom. The third-order valence-electron chi connectivity index (χ3n) is 4.58. The largest absolute Gasteiger partial charge is 0.330 e. The summed E-state index contributed by atoms with van der Waals surface area (Å²) < 4.78 is 2.06. The smallest absolute Gasteiger partial charge is 0.271 e. The summed E-state index contributed by atoms with van der Waals surface area (Å²) in [7, 11) is 1.98. The number of aryl methyl sites for hydroxylation is 1. The quantitative estimate of drug-likeness (QED) is 0.615. The number of nitriles is 1. The number of fused-ring (bicyclic) bond motifs is 1. The van der Waals surface area contributed by atoms with Gasteiger partial charge in [0.15, 0.2) is 0 Å². The maximum atomic E-state index is 12.7. The highest BCUT2D eigenvalue weighted by Crippen LogP contribution is 2.32. The van der Waals surface area contributed by atoms with Crippen molar-refractivity contribution in [3.05, 3.63) is 33.5 Å². The highest BCUT2D eigenvalue weighted by Gasteiger charge is 2.34. The maximum absolute atomic E-state index is 12.7. The Kier molecular flexibility index (Phi) is 4.55. The van der Waals surface area contributed by atoms with Crippen molar-refractivity contribution < 1.29 is 9.59 Å². The summed E-state index contributed by atoms with van der Waals surface area (Å²) in [4.78, 5) is 32.5. The van der Waals surface area contributed by atoms with Crippen molar-refractivity contribution in [3.63, 3.8) is 0 Å². The van der Waals surface area contributed by atoms with Crippen molar-refractivity contribution >= 4 is 39.6 Å². The van der Waals surface area contributed by atoms with E-state index in [4.69, 9.17) is 0 Å². The lowest BCUT2D eigenvalue weighted by molar-refractivity contribution is -0.140. The van der Waals surface area contributed by atoms with Crippen LogP contribution in [0.15, 0.2) is 22.8 Å². The van der Waals surface area contributed by atoms with Gasteiger partial charge in [-0.05, 0) is 31.6 Å². The van der Waals surface area contributed by atoms with Crippen molar-refractivity contribution in [1.29, 1.82) is 5.26 Å². The van der Waals surface area contributed by atoms with Gasteiger partial charge >= 0.3 is 0 Å². The van der Waals surface area contributed by atoms with E-state index < -0.39 is 5.91 Å². The molecule has 0 N–H and O–H groups in total. The van der Waals surface area contributed by atoms with Crippen molar-refractivity contribution in [2.24, 2.45) is 7.05 Å². The van der Waals surface area contributed by atoms with E-state index in [1.807, 2.05) is 19.2 Å². The fourth-order valence-electron chi connectivity index (χ4n) is 3.16. The zero-order valence-electron chi connectivity index (χ0n) is 15.5. The maximum Gasteiger partial charge on any atom is 0.271 e. The minimum atomic E-state index is -0.519. The number of aromatic nitrogens is 2. The number of imidazole rings is 1. The first kappa shape index (κ1) is 18.1. The summed E-state index contributed by atoms with van der Waals surface area (Å²) in [6.45, 7) is 7.81. The molecule has 0 saturated heterocycles. The first-order valence-corrected chi connectivity index (χ1v) is 9.27. The summed E-state index contributed by atoms with van der Waals surface area (Å²) in [6.07, 6.45) is 1.76. The molecule has 0 aliphatic carbocycles. The zero-order chi connectivity index (χ0) is 19.2. The van der Waals surface area contributed by atoms with E-state index >= 15 is 0 Å². The average molecular weight is 368 g/mol. The molecule has 3 heterocycles. The number of amides is 2. The van der Waals surface area contributed by atoms with E-state index in [1.165, 1.54) is 11.3 Å². The molecule has 0 unspecified atom stereocenters. The molecule has 2 aromatic rings. The van der Waals surface area contributed by atoms with Gasteiger partial charge < -0.3 is 4.57 Å². The second kappa shape index (κ2) is 6.54. The van der Waals surface area contributed by atoms with Crippen LogP contribution in [0.1, 0.15) is 44.3 Å². The Balaban J connectivity index is 2.12. The van der Waals surface area contributed by atoms with E-state index in [0.29, 0.717) is 17.1 Å². The Bertz CT molecular complexity index is 1030. The summed E-state index contributed by atoms with van der Waals surface area (Å²) in [5.41, 5.74) is 1.86. The van der Waals surface area contributed by atoms with Crippen molar-refractivity contribution in [2.75, 3.05) is 6.54 Å². The lowest BCUT2D eigenvalue weighted by atomic mass is 9.95. The molecule has 26 heavy (non-hydrogen) atoms. The standard InChI is InChI=1S/C19H20N4O2S/c1-6-23-18(24)13(11(4)14(9-20)19(23)25)7-12-8-15-17(26-12)21-16(10(2)3)22(15)5/h7-8,10H,6H2,1-5H3/b13-7-. The zero-order valence-corrected chi connectivity index (χ0v) is 16.3. The van der Waals surface area contributed by atoms with Crippen molar-refractivity contribution in [1.82, 2.24) is 14.5 Å². The number of carbonyl (C=O) groups excluding carboxylic acids is 2. The van der Waals surface area contributed by atoms with Crippen molar-refractivity contribution in [2.45, 2.75) is 33.6 Å². The molecule has 2 aromatic heterocycles. The van der Waals surface area contributed by atoms with E-state index in [0.717, 1.165) is 25.9 Å². The van der Waals surface area contributed by atoms with E-state index in [1.54, 1.807) is 19.9 Å². The number of imide groups is 1. The Labute approximate surface area is 156 Å². The monoisotopic (exact) mass is 368 g/mol. The van der Waals surface area contributed by atoms with Gasteiger partial charge in [0.2, 0.25) is 0 Å². The molecule has 0 radical (unpaired) electrons. The molecule has 0 fully saturated rings. The molecule has 1 aliphatic heterocycles. The van der Waals surface area contributed by atoms with E-state index in [2.05, 4.69) is 23.4 Å². The number of hydrogen-bond donors (Lipinski definition) is 0. The van der Waals surface area contributed by atoms with Crippen LogP contribution in [0.4, 0.5) is 0 Å². The minimum Gasteiger partial charge on any atom is -0.330 e. The highest BCUT2D eigenvalue weighted by molar-refractivity contribution is 7.19. The van der Waals surface area contributed by atoms with E-state index in [-0.39, 0.29) is 18.0 Å². The van der Waals surface area contributed by atoms with E-state index in [9.17, 15) is 14.9 Å². The second-order valence-corrected chi connectivity index (χ2v) is 7.61. The molecule has 0 saturated carbocycles. The van der Waals surface area contributed by atoms with Gasteiger partial charge in [-0.1, -0.05) is 13.8 Å². The molecule has 3 rings (SSSR count). The van der Waals surface area contributed by atoms with Gasteiger partial charge in [-0.3, -0.25) is 14.5 Å². The van der Waals surface area contributed by atoms with Crippen LogP contribution in [0.3, 0.4) is 0 Å². The number of rotatable bonds is 3. The van der Waals surface area contributed by atoms with Gasteiger partial charge in [0, 0.05) is 30.0 Å². The molecular formula is C19H20N4O2S. The summed E-state index contributed by atoms with van der Waals surface area (Å²) >= 11 is 1.50. The molecule has 0 atom stereocenters. The second-order valence-electron chi connectivity index (χ2n) is 6.55. The Morgan fingerprint density at radius 1 is 1.35 bits per heavy atom. The summed E-state index contributed by atoms with van der Waals surface area (Å²) in [5, 5.41) is 9.31. The fourth-order valence-corrected chi connectivity index (χ4v) is 4.17. The molecule has 134 valence electrons. The number of nitrogens with zero attached hydrogens (tertiary/aromatic N) is 4. The van der Waals surface area contributed by atoms with Crippen LogP contribution in [0, 0.1) is 11.3 Å². The van der Waals surface area contributed by atoms with Gasteiger partial charge in [0.05, 0.1) is 5.52 Å². The number of carbonyl (C=O) groups is 2. The van der Waals surface area contributed by atoms with Crippen LogP contribution >= 0.6 is 11.3 Å². The first-order chi connectivity index (χ1) is 12.3. The molecular weight excluding hydrogens is 348 g/mol. The van der Waals surface area contributed by atoms with Crippen LogP contribution in [0.2, 0.25) is 0 Å². The van der Waals surface area contributed by atoms with Crippen LogP contribution in [0.5, 0.6) is 0 Å². The molecule has 2 amide bonds. The molecule has 6 nitrogen and oxygen atoms in total. The van der Waals surface area contributed by atoms with Crippen molar-refractivity contribution in [3.8, 4) is 6.07 Å². The van der Waals surface area contributed by atoms with Crippen LogP contribution < -0.4 is 0 Å². The molecule has 0 aromatic carbocycles. The number of thiophene rings is 1. The minimum absolute atomic E-state index is 0.0269. The normalized spacial score (nSPS) is 17.1. The third kappa shape index (κ3) is 2.67. The third-order valence-corrected chi connectivity index (χ3v) is 5.54. The lowest BCUT2D eigenvalue weighted by Crippen LogP contribution is -2.42. The molecule has 1 aliphatic rings. The first-order valence-electron chi connectivity index (χ1n) is 8.45. The summed E-state index contributed by atoms with van der Waals surface area (Å²) in [6, 6.07) is 3.93. The lowest BCUT2D eigenvalue weighted by Gasteiger charge is -2.26. The van der Waals surface area contributed by atoms with Gasteiger partial charge in [0.25, 0.3) is 11.8 Å². The van der Waals surface area contributed by atoms with Crippen LogP contribution in [-0.2, 0) is 16.6 Å². The molecule has 7 heteroatoms. The predicted octanol–water partition coefficient (Wildman–Crippen LogP) is 3.37. The fraction of sp³-hybridized carbons (Fsp3) is 0.368. The number of hydrogen-bond acceptors (Lipinski definition) is 5. The van der Waals surface area contributed by atoms with Gasteiger partial charge in [0.1, 0.15) is 22.3 Å². The Morgan fingerprint density at radius 3 is 2.58 bits per heavy atom. The number of likely N-dealkylation sites (N-methyl/N-ethyl adjacent to an activating group) is 1.